The molecule has 0 radical (unpaired) electrons. The van der Waals surface area contributed by atoms with Crippen molar-refractivity contribution >= 4 is 17.0 Å². The van der Waals surface area contributed by atoms with Crippen LogP contribution in [0.1, 0.15) is 5.56 Å². The summed E-state index contributed by atoms with van der Waals surface area (Å²) in [5.41, 5.74) is 9.90. The van der Waals surface area contributed by atoms with Crippen LogP contribution in [0.2, 0.25) is 0 Å². The topological polar surface area (TPSA) is 62.5 Å². The summed E-state index contributed by atoms with van der Waals surface area (Å²) in [5, 5.41) is 0. The van der Waals surface area contributed by atoms with Crippen LogP contribution < -0.4 is 24.5 Å². The van der Waals surface area contributed by atoms with E-state index in [1.165, 1.54) is 5.56 Å². The van der Waals surface area contributed by atoms with Gasteiger partial charge in [0.2, 0.25) is 0 Å². The summed E-state index contributed by atoms with van der Waals surface area (Å²) >= 11 is 0. The van der Waals surface area contributed by atoms with Crippen LogP contribution in [-0.4, -0.2) is 24.9 Å². The number of nitrogens with zero attached hydrogens (tertiary/aromatic N) is 2. The van der Waals surface area contributed by atoms with Gasteiger partial charge in [0.05, 0.1) is 7.11 Å². The molecule has 6 nitrogen and oxygen atoms in total. The average molecular weight is 419 g/mol. The SMILES string of the molecule is COc1ccccc1OCCn1c(N)[n+](CCOc2ccc(C)cc2)c2ccccc21. The quantitative estimate of drug-likeness (QED) is 0.418. The van der Waals surface area contributed by atoms with Gasteiger partial charge >= 0.3 is 5.95 Å². The molecule has 3 aromatic carbocycles. The zero-order valence-electron chi connectivity index (χ0n) is 18.0. The van der Waals surface area contributed by atoms with Gasteiger partial charge in [-0.1, -0.05) is 42.0 Å². The van der Waals surface area contributed by atoms with E-state index in [2.05, 4.69) is 28.2 Å². The molecule has 0 amide bonds. The number of anilines is 1. The molecule has 0 saturated heterocycles. The molecule has 31 heavy (non-hydrogen) atoms. The maximum atomic E-state index is 6.54. The minimum absolute atomic E-state index is 0.475. The van der Waals surface area contributed by atoms with Gasteiger partial charge in [-0.05, 0) is 43.3 Å². The molecule has 6 heteroatoms. The van der Waals surface area contributed by atoms with Crippen LogP contribution in [0.15, 0.2) is 72.8 Å². The lowest BCUT2D eigenvalue weighted by Gasteiger charge is -2.10. The number of nitrogen functional groups attached to an aromatic ring is 1. The first kappa shape index (κ1) is 20.6. The van der Waals surface area contributed by atoms with E-state index in [9.17, 15) is 0 Å². The second-order valence-corrected chi connectivity index (χ2v) is 7.31. The highest BCUT2D eigenvalue weighted by atomic mass is 16.5. The monoisotopic (exact) mass is 418 g/mol. The number of fused-ring (bicyclic) bond motifs is 1. The molecule has 0 aliphatic heterocycles. The van der Waals surface area contributed by atoms with E-state index in [1.54, 1.807) is 7.11 Å². The molecule has 2 N–H and O–H groups in total. The molecule has 0 fully saturated rings. The lowest BCUT2D eigenvalue weighted by molar-refractivity contribution is -0.658. The average Bonchev–Trinajstić information content (AvgIpc) is 3.07. The summed E-state index contributed by atoms with van der Waals surface area (Å²) in [7, 11) is 1.64. The number of rotatable bonds is 9. The van der Waals surface area contributed by atoms with Crippen LogP contribution in [0.5, 0.6) is 17.2 Å². The number of nitrogens with two attached hydrogens (primary N) is 1. The largest absolute Gasteiger partial charge is 0.493 e. The zero-order valence-corrected chi connectivity index (χ0v) is 18.0. The second kappa shape index (κ2) is 9.43. The fourth-order valence-corrected chi connectivity index (χ4v) is 3.66. The van der Waals surface area contributed by atoms with Crippen molar-refractivity contribution in [1.82, 2.24) is 4.57 Å². The van der Waals surface area contributed by atoms with Gasteiger partial charge < -0.3 is 14.2 Å². The number of hydrogen-bond donors (Lipinski definition) is 1. The molecule has 0 unspecified atom stereocenters. The minimum Gasteiger partial charge on any atom is -0.493 e. The molecule has 1 aromatic heterocycles. The van der Waals surface area contributed by atoms with Crippen molar-refractivity contribution in [3.8, 4) is 17.2 Å². The first-order chi connectivity index (χ1) is 15.2. The number of benzene rings is 3. The Morgan fingerprint density at radius 3 is 2.32 bits per heavy atom. The Balaban J connectivity index is 1.47. The molecule has 0 aliphatic carbocycles. The summed E-state index contributed by atoms with van der Waals surface area (Å²) in [5.74, 6) is 2.98. The standard InChI is InChI=1S/C25H27N3O3/c1-19-11-13-20(14-12-19)30-17-15-27-21-7-3-4-8-22(21)28(25(27)26)16-18-31-24-10-6-5-9-23(24)29-2/h3-14,26H,15-18H2,1-2H3/p+1. The Morgan fingerprint density at radius 1 is 0.839 bits per heavy atom. The lowest BCUT2D eigenvalue weighted by Crippen LogP contribution is -2.39. The van der Waals surface area contributed by atoms with Gasteiger partial charge in [0.25, 0.3) is 0 Å². The Labute approximate surface area is 182 Å². The Hall–Kier alpha value is -3.67. The van der Waals surface area contributed by atoms with Crippen LogP contribution in [0.25, 0.3) is 11.0 Å². The minimum atomic E-state index is 0.475. The maximum Gasteiger partial charge on any atom is 0.356 e. The third-order valence-corrected chi connectivity index (χ3v) is 5.26. The van der Waals surface area contributed by atoms with Crippen molar-refractivity contribution < 1.29 is 18.8 Å². The van der Waals surface area contributed by atoms with Crippen molar-refractivity contribution in [2.45, 2.75) is 20.0 Å². The summed E-state index contributed by atoms with van der Waals surface area (Å²) in [6, 6.07) is 23.9. The molecule has 1 heterocycles. The highest BCUT2D eigenvalue weighted by molar-refractivity contribution is 5.73. The highest BCUT2D eigenvalue weighted by Gasteiger charge is 2.20. The molecule has 0 aliphatic rings. The van der Waals surface area contributed by atoms with E-state index in [0.717, 1.165) is 28.3 Å². The van der Waals surface area contributed by atoms with Gasteiger partial charge in [0.15, 0.2) is 11.5 Å². The van der Waals surface area contributed by atoms with Gasteiger partial charge in [-0.2, -0.15) is 0 Å². The molecule has 0 atom stereocenters. The predicted molar refractivity (Wildman–Crippen MR) is 122 cm³/mol. The normalized spacial score (nSPS) is 10.9. The van der Waals surface area contributed by atoms with E-state index < -0.39 is 0 Å². The first-order valence-electron chi connectivity index (χ1n) is 10.4. The molecule has 0 spiro atoms. The third kappa shape index (κ3) is 4.58. The molecule has 4 aromatic rings. The van der Waals surface area contributed by atoms with Gasteiger partial charge in [0, 0.05) is 0 Å². The molecule has 0 saturated carbocycles. The Morgan fingerprint density at radius 2 is 1.55 bits per heavy atom. The number of aromatic nitrogens is 2. The molecular formula is C25H28N3O3+. The van der Waals surface area contributed by atoms with Crippen LogP contribution in [0.4, 0.5) is 5.95 Å². The van der Waals surface area contributed by atoms with E-state index in [-0.39, 0.29) is 0 Å². The van der Waals surface area contributed by atoms with Crippen molar-refractivity contribution in [1.29, 1.82) is 0 Å². The van der Waals surface area contributed by atoms with Gasteiger partial charge in [-0.15, -0.1) is 0 Å². The Kier molecular flexibility index (Phi) is 6.26. The number of aryl methyl sites for hydroxylation is 1. The van der Waals surface area contributed by atoms with Crippen LogP contribution in [0.3, 0.4) is 0 Å². The van der Waals surface area contributed by atoms with Gasteiger partial charge in [-0.25, -0.2) is 9.13 Å². The van der Waals surface area contributed by atoms with E-state index >= 15 is 0 Å². The summed E-state index contributed by atoms with van der Waals surface area (Å²) in [6.07, 6.45) is 0. The molecule has 0 bridgehead atoms. The summed E-state index contributed by atoms with van der Waals surface area (Å²) in [6.45, 7) is 4.34. The fourth-order valence-electron chi connectivity index (χ4n) is 3.66. The smallest absolute Gasteiger partial charge is 0.356 e. The first-order valence-corrected chi connectivity index (χ1v) is 10.4. The van der Waals surface area contributed by atoms with Crippen LogP contribution >= 0.6 is 0 Å². The number of hydrogen-bond acceptors (Lipinski definition) is 4. The third-order valence-electron chi connectivity index (χ3n) is 5.26. The van der Waals surface area contributed by atoms with Crippen molar-refractivity contribution in [2.75, 3.05) is 26.1 Å². The summed E-state index contributed by atoms with van der Waals surface area (Å²) < 4.78 is 21.4. The van der Waals surface area contributed by atoms with Crippen molar-refractivity contribution in [3.63, 3.8) is 0 Å². The van der Waals surface area contributed by atoms with Gasteiger partial charge in [-0.3, -0.25) is 5.73 Å². The zero-order chi connectivity index (χ0) is 21.6. The molecular weight excluding hydrogens is 390 g/mol. The van der Waals surface area contributed by atoms with Gasteiger partial charge in [0.1, 0.15) is 43.1 Å². The Bertz CT molecular complexity index is 1150. The fraction of sp³-hybridized carbons (Fsp3) is 0.240. The van der Waals surface area contributed by atoms with Crippen LogP contribution in [-0.2, 0) is 13.1 Å². The number of imidazole rings is 1. The highest BCUT2D eigenvalue weighted by Crippen LogP contribution is 2.26. The second-order valence-electron chi connectivity index (χ2n) is 7.31. The lowest BCUT2D eigenvalue weighted by atomic mass is 10.2. The molecule has 160 valence electrons. The number of ether oxygens (including phenoxy) is 3. The van der Waals surface area contributed by atoms with E-state index in [0.29, 0.717) is 32.3 Å². The van der Waals surface area contributed by atoms with E-state index in [4.69, 9.17) is 19.9 Å². The van der Waals surface area contributed by atoms with E-state index in [1.807, 2.05) is 60.7 Å². The van der Waals surface area contributed by atoms with Crippen LogP contribution in [0, 0.1) is 6.92 Å². The number of methoxy groups -OCH3 is 1. The summed E-state index contributed by atoms with van der Waals surface area (Å²) in [4.78, 5) is 0. The van der Waals surface area contributed by atoms with Crippen molar-refractivity contribution in [3.05, 3.63) is 78.4 Å². The molecule has 4 rings (SSSR count). The maximum absolute atomic E-state index is 6.54. The predicted octanol–water partition coefficient (Wildman–Crippen LogP) is 3.99. The number of para-hydroxylation sites is 4. The van der Waals surface area contributed by atoms with Crippen molar-refractivity contribution in [2.24, 2.45) is 0 Å².